The molecule has 230 valence electrons. The molecule has 0 bridgehead atoms. The van der Waals surface area contributed by atoms with E-state index in [9.17, 15) is 4.79 Å². The first kappa shape index (κ1) is 29.3. The van der Waals surface area contributed by atoms with Gasteiger partial charge in [-0.05, 0) is 41.8 Å². The third-order valence-corrected chi connectivity index (χ3v) is 8.36. The second-order valence-electron chi connectivity index (χ2n) is 11.7. The van der Waals surface area contributed by atoms with Crippen LogP contribution in [0.5, 0.6) is 11.6 Å². The quantitative estimate of drug-likeness (QED) is 0.163. The van der Waals surface area contributed by atoms with Crippen molar-refractivity contribution in [1.29, 1.82) is 0 Å². The van der Waals surface area contributed by atoms with E-state index in [-0.39, 0.29) is 37.3 Å². The summed E-state index contributed by atoms with van der Waals surface area (Å²) in [6.45, 7) is 3.33. The number of ether oxygens (including phenoxy) is 3. The van der Waals surface area contributed by atoms with Crippen LogP contribution in [-0.4, -0.2) is 21.6 Å². The molecule has 0 saturated carbocycles. The zero-order chi connectivity index (χ0) is 31.5. The molecule has 1 aliphatic heterocycles. The number of fused-ring (bicyclic) bond motifs is 3. The predicted octanol–water partition coefficient (Wildman–Crippen LogP) is 7.41. The number of aromatic nitrogens is 2. The molecule has 7 heteroatoms. The van der Waals surface area contributed by atoms with Crippen molar-refractivity contribution >= 4 is 16.9 Å². The van der Waals surface area contributed by atoms with Gasteiger partial charge in [0, 0.05) is 46.7 Å². The molecule has 4 aromatic carbocycles. The Morgan fingerprint density at radius 1 is 0.804 bits per heavy atom. The molecule has 1 atom stereocenters. The molecule has 0 saturated heterocycles. The van der Waals surface area contributed by atoms with E-state index in [0.717, 1.165) is 51.7 Å². The number of benzene rings is 4. The molecule has 0 aliphatic carbocycles. The van der Waals surface area contributed by atoms with Gasteiger partial charge < -0.3 is 24.5 Å². The molecule has 1 aliphatic rings. The fourth-order valence-electron chi connectivity index (χ4n) is 6.06. The number of nitrogens with two attached hydrogens (primary N) is 1. The minimum Gasteiger partial charge on any atom is -0.487 e. The summed E-state index contributed by atoms with van der Waals surface area (Å²) < 4.78 is 21.0. The first-order valence-corrected chi connectivity index (χ1v) is 15.5. The smallest absolute Gasteiger partial charge is 0.347 e. The molecule has 1 unspecified atom stereocenters. The Bertz CT molecular complexity index is 1990. The van der Waals surface area contributed by atoms with Gasteiger partial charge in [0.05, 0.1) is 5.69 Å². The summed E-state index contributed by atoms with van der Waals surface area (Å²) in [7, 11) is 0. The topological polar surface area (TPSA) is 88.6 Å². The van der Waals surface area contributed by atoms with Crippen molar-refractivity contribution in [1.82, 2.24) is 9.55 Å². The molecular weight excluding hydrogens is 574 g/mol. The van der Waals surface area contributed by atoms with E-state index in [1.54, 1.807) is 0 Å². The van der Waals surface area contributed by atoms with Crippen LogP contribution >= 0.6 is 0 Å². The van der Waals surface area contributed by atoms with Crippen LogP contribution in [0.3, 0.4) is 0 Å². The molecule has 6 aromatic rings. The van der Waals surface area contributed by atoms with E-state index in [0.29, 0.717) is 11.4 Å². The van der Waals surface area contributed by atoms with Crippen LogP contribution in [0, 0.1) is 6.92 Å². The summed E-state index contributed by atoms with van der Waals surface area (Å²) in [6, 6.07) is 37.9. The molecule has 0 spiro atoms. The Hall–Kier alpha value is -5.40. The maximum Gasteiger partial charge on any atom is 0.347 e. The fraction of sp³-hybridized carbons (Fsp3) is 0.179. The van der Waals surface area contributed by atoms with E-state index >= 15 is 0 Å². The molecule has 2 N–H and O–H groups in total. The van der Waals surface area contributed by atoms with Gasteiger partial charge in [-0.25, -0.2) is 9.78 Å². The third kappa shape index (κ3) is 6.10. The Morgan fingerprint density at radius 3 is 2.07 bits per heavy atom. The number of carbonyl (C=O) groups excluding carboxylic acids is 1. The van der Waals surface area contributed by atoms with Crippen molar-refractivity contribution in [3.8, 4) is 22.9 Å². The third-order valence-electron chi connectivity index (χ3n) is 8.36. The van der Waals surface area contributed by atoms with E-state index in [4.69, 9.17) is 24.9 Å². The summed E-state index contributed by atoms with van der Waals surface area (Å²) in [4.78, 5) is 18.9. The normalized spacial score (nSPS) is 13.8. The summed E-state index contributed by atoms with van der Waals surface area (Å²) in [5.41, 5.74) is 13.9. The van der Waals surface area contributed by atoms with Gasteiger partial charge >= 0.3 is 5.97 Å². The van der Waals surface area contributed by atoms with Crippen molar-refractivity contribution in [2.24, 2.45) is 5.73 Å². The zero-order valence-electron chi connectivity index (χ0n) is 25.7. The molecular formula is C39H35N3O4. The second kappa shape index (κ2) is 12.9. The fourth-order valence-corrected chi connectivity index (χ4v) is 6.06. The lowest BCUT2D eigenvalue weighted by atomic mass is 10.0. The number of hydrogen-bond donors (Lipinski definition) is 1. The van der Waals surface area contributed by atoms with Gasteiger partial charge in [-0.1, -0.05) is 97.1 Å². The molecule has 2 aromatic heterocycles. The van der Waals surface area contributed by atoms with Gasteiger partial charge in [-0.15, -0.1) is 0 Å². The first-order chi connectivity index (χ1) is 22.5. The van der Waals surface area contributed by atoms with Crippen molar-refractivity contribution in [2.45, 2.75) is 45.8 Å². The summed E-state index contributed by atoms with van der Waals surface area (Å²) >= 11 is 0. The van der Waals surface area contributed by atoms with Crippen LogP contribution in [0.15, 0.2) is 115 Å². The van der Waals surface area contributed by atoms with Crippen LogP contribution in [-0.2, 0) is 37.5 Å². The van der Waals surface area contributed by atoms with Crippen LogP contribution in [0.2, 0.25) is 0 Å². The van der Waals surface area contributed by atoms with Gasteiger partial charge in [0.1, 0.15) is 25.6 Å². The number of hydrogen-bond acceptors (Lipinski definition) is 6. The molecule has 7 rings (SSSR count). The van der Waals surface area contributed by atoms with Gasteiger partial charge in [0.15, 0.2) is 5.56 Å². The minimum absolute atomic E-state index is 0.108. The Kier molecular flexibility index (Phi) is 8.23. The zero-order valence-corrected chi connectivity index (χ0v) is 25.7. The van der Waals surface area contributed by atoms with E-state index in [1.807, 2.05) is 97.9 Å². The number of nitrogens with zero attached hydrogens (tertiary/aromatic N) is 2. The first-order valence-electron chi connectivity index (χ1n) is 15.5. The maximum absolute atomic E-state index is 13.9. The molecule has 3 heterocycles. The number of esters is 1. The van der Waals surface area contributed by atoms with E-state index < -0.39 is 5.97 Å². The Labute approximate surface area is 268 Å². The number of pyridine rings is 1. The summed E-state index contributed by atoms with van der Waals surface area (Å²) in [5, 5.41) is 1.12. The standard InChI is InChI=1S/C39H35N3O4/c1-26-36(30-17-18-34-31(19-30)20-33-21-32(40)22-42(33)34)41-38(45-24-28-13-7-3-8-14-28)35(37(26)44-23-27-11-5-2-6-12-27)39(43)46-25-29-15-9-4-10-16-29/h2-20,32H,21-25,40H2,1H3. The van der Waals surface area contributed by atoms with Gasteiger partial charge in [-0.2, -0.15) is 0 Å². The van der Waals surface area contributed by atoms with Crippen molar-refractivity contribution in [2.75, 3.05) is 0 Å². The number of rotatable bonds is 10. The highest BCUT2D eigenvalue weighted by molar-refractivity contribution is 5.97. The predicted molar refractivity (Wildman–Crippen MR) is 179 cm³/mol. The number of carbonyl (C=O) groups is 1. The SMILES string of the molecule is Cc1c(-c2ccc3c(c2)cc2n3CC(N)C2)nc(OCc2ccccc2)c(C(=O)OCc2ccccc2)c1OCc1ccccc1. The van der Waals surface area contributed by atoms with E-state index in [2.05, 4.69) is 28.8 Å². The van der Waals surface area contributed by atoms with Crippen molar-refractivity contribution in [3.63, 3.8) is 0 Å². The lowest BCUT2D eigenvalue weighted by molar-refractivity contribution is 0.0460. The molecule has 46 heavy (non-hydrogen) atoms. The second-order valence-corrected chi connectivity index (χ2v) is 11.7. The van der Waals surface area contributed by atoms with Crippen LogP contribution in [0.4, 0.5) is 0 Å². The average Bonchev–Trinajstić information content (AvgIpc) is 3.62. The molecule has 0 radical (unpaired) electrons. The summed E-state index contributed by atoms with van der Waals surface area (Å²) in [5.74, 6) is -0.00998. The van der Waals surface area contributed by atoms with Gasteiger partial charge in [0.2, 0.25) is 5.88 Å². The largest absolute Gasteiger partial charge is 0.487 e. The van der Waals surface area contributed by atoms with Crippen LogP contribution in [0.1, 0.15) is 38.3 Å². The monoisotopic (exact) mass is 609 g/mol. The summed E-state index contributed by atoms with van der Waals surface area (Å²) in [6.07, 6.45) is 0.857. The lowest BCUT2D eigenvalue weighted by Crippen LogP contribution is -2.20. The van der Waals surface area contributed by atoms with Crippen molar-refractivity contribution in [3.05, 3.63) is 149 Å². The highest BCUT2D eigenvalue weighted by atomic mass is 16.5. The van der Waals surface area contributed by atoms with Gasteiger partial charge in [-0.3, -0.25) is 0 Å². The highest BCUT2D eigenvalue weighted by Crippen LogP contribution is 2.40. The van der Waals surface area contributed by atoms with Gasteiger partial charge in [0.25, 0.3) is 0 Å². The minimum atomic E-state index is -0.562. The van der Waals surface area contributed by atoms with Crippen LogP contribution < -0.4 is 15.2 Å². The molecule has 0 amide bonds. The van der Waals surface area contributed by atoms with Crippen LogP contribution in [0.25, 0.3) is 22.2 Å². The average molecular weight is 610 g/mol. The maximum atomic E-state index is 13.9. The van der Waals surface area contributed by atoms with Crippen molar-refractivity contribution < 1.29 is 19.0 Å². The van der Waals surface area contributed by atoms with E-state index in [1.165, 1.54) is 5.69 Å². The highest BCUT2D eigenvalue weighted by Gasteiger charge is 2.28. The molecule has 0 fully saturated rings. The Balaban J connectivity index is 1.32. The lowest BCUT2D eigenvalue weighted by Gasteiger charge is -2.20. The Morgan fingerprint density at radius 2 is 1.41 bits per heavy atom. The molecule has 7 nitrogen and oxygen atoms in total.